The topological polar surface area (TPSA) is 119 Å². The lowest BCUT2D eigenvalue weighted by molar-refractivity contribution is 0.484. The van der Waals surface area contributed by atoms with Gasteiger partial charge in [0.25, 0.3) is 10.1 Å². The second-order valence-corrected chi connectivity index (χ2v) is 9.52. The zero-order valence-electron chi connectivity index (χ0n) is 15.8. The first-order valence-corrected chi connectivity index (χ1v) is 11.6. The van der Waals surface area contributed by atoms with Crippen LogP contribution in [-0.4, -0.2) is 27.9 Å². The lowest BCUT2D eigenvalue weighted by Gasteiger charge is -2.21. The lowest BCUT2D eigenvalue weighted by atomic mass is 10.3. The van der Waals surface area contributed by atoms with Crippen LogP contribution in [0.15, 0.2) is 102 Å². The molecule has 0 fully saturated rings. The molecular formula is C21H19N4O3PS. The van der Waals surface area contributed by atoms with Gasteiger partial charge in [0.2, 0.25) is 5.95 Å². The Morgan fingerprint density at radius 1 is 0.733 bits per heavy atom. The van der Waals surface area contributed by atoms with Gasteiger partial charge in [-0.3, -0.25) is 4.55 Å². The van der Waals surface area contributed by atoms with Crippen LogP contribution in [0, 0.1) is 0 Å². The molecule has 0 aliphatic carbocycles. The SMILES string of the molecule is Nc1ncncn1.O=S(=O)(O)c1ccccc1P(c1ccccc1)c1ccccc1. The Kier molecular flexibility index (Phi) is 7.19. The molecule has 3 N–H and O–H groups in total. The number of nitrogens with two attached hydrogens (primary N) is 1. The number of aromatic nitrogens is 3. The van der Waals surface area contributed by atoms with Crippen LogP contribution in [0.25, 0.3) is 0 Å². The Balaban J connectivity index is 0.000000310. The molecule has 30 heavy (non-hydrogen) atoms. The summed E-state index contributed by atoms with van der Waals surface area (Å²) < 4.78 is 33.2. The van der Waals surface area contributed by atoms with Crippen molar-refractivity contribution in [3.8, 4) is 0 Å². The maximum absolute atomic E-state index is 11.8. The number of hydrogen-bond acceptors (Lipinski definition) is 6. The predicted octanol–water partition coefficient (Wildman–Crippen LogP) is 2.15. The Morgan fingerprint density at radius 2 is 1.20 bits per heavy atom. The van der Waals surface area contributed by atoms with Crippen LogP contribution in [0.4, 0.5) is 5.95 Å². The Bertz CT molecular complexity index is 1140. The van der Waals surface area contributed by atoms with Crippen LogP contribution >= 0.6 is 7.92 Å². The molecule has 1 heterocycles. The molecular weight excluding hydrogens is 419 g/mol. The fraction of sp³-hybridized carbons (Fsp3) is 0. The number of nitrogen functional groups attached to an aromatic ring is 1. The zero-order chi connectivity index (χ0) is 21.4. The van der Waals surface area contributed by atoms with Gasteiger partial charge in [-0.25, -0.2) is 15.0 Å². The Morgan fingerprint density at radius 3 is 1.63 bits per heavy atom. The van der Waals surface area contributed by atoms with Crippen molar-refractivity contribution in [1.82, 2.24) is 15.0 Å². The van der Waals surface area contributed by atoms with Crippen molar-refractivity contribution in [3.63, 3.8) is 0 Å². The van der Waals surface area contributed by atoms with E-state index in [1.165, 1.54) is 18.7 Å². The molecule has 0 unspecified atom stereocenters. The van der Waals surface area contributed by atoms with Crippen molar-refractivity contribution >= 4 is 39.9 Å². The van der Waals surface area contributed by atoms with Crippen LogP contribution in [-0.2, 0) is 10.1 Å². The van der Waals surface area contributed by atoms with E-state index in [4.69, 9.17) is 5.73 Å². The molecule has 0 saturated carbocycles. The molecule has 0 aliphatic heterocycles. The minimum absolute atomic E-state index is 0.0289. The summed E-state index contributed by atoms with van der Waals surface area (Å²) in [6, 6.07) is 26.2. The van der Waals surface area contributed by atoms with Gasteiger partial charge < -0.3 is 5.73 Å². The average Bonchev–Trinajstić information content (AvgIpc) is 2.76. The van der Waals surface area contributed by atoms with Crippen LogP contribution in [0.5, 0.6) is 0 Å². The van der Waals surface area contributed by atoms with E-state index in [0.29, 0.717) is 5.30 Å². The molecule has 4 rings (SSSR count). The summed E-state index contributed by atoms with van der Waals surface area (Å²) in [5.41, 5.74) is 5.10. The van der Waals surface area contributed by atoms with Crippen LogP contribution in [0.1, 0.15) is 0 Å². The zero-order valence-corrected chi connectivity index (χ0v) is 17.5. The monoisotopic (exact) mass is 438 g/mol. The van der Waals surface area contributed by atoms with Crippen molar-refractivity contribution in [3.05, 3.63) is 97.6 Å². The second-order valence-electron chi connectivity index (χ2n) is 5.95. The van der Waals surface area contributed by atoms with E-state index >= 15 is 0 Å². The van der Waals surface area contributed by atoms with Gasteiger partial charge in [0.05, 0.1) is 0 Å². The summed E-state index contributed by atoms with van der Waals surface area (Å²) >= 11 is 0. The summed E-state index contributed by atoms with van der Waals surface area (Å²) in [7, 11) is -5.35. The van der Waals surface area contributed by atoms with Gasteiger partial charge in [-0.2, -0.15) is 8.42 Å². The predicted molar refractivity (Wildman–Crippen MR) is 119 cm³/mol. The van der Waals surface area contributed by atoms with E-state index < -0.39 is 18.0 Å². The number of benzene rings is 3. The molecule has 0 spiro atoms. The molecule has 152 valence electrons. The fourth-order valence-electron chi connectivity index (χ4n) is 2.69. The first-order chi connectivity index (χ1) is 14.5. The molecule has 3 aromatic carbocycles. The summed E-state index contributed by atoms with van der Waals surface area (Å²) in [5, 5.41) is 2.69. The summed E-state index contributed by atoms with van der Waals surface area (Å²) in [6.07, 6.45) is 2.70. The van der Waals surface area contributed by atoms with E-state index in [2.05, 4.69) is 15.0 Å². The highest BCUT2D eigenvalue weighted by molar-refractivity contribution is 7.88. The molecule has 9 heteroatoms. The summed E-state index contributed by atoms with van der Waals surface area (Å²) in [6.45, 7) is 0. The van der Waals surface area contributed by atoms with E-state index in [1.54, 1.807) is 18.2 Å². The van der Waals surface area contributed by atoms with Crippen LogP contribution < -0.4 is 21.6 Å². The van der Waals surface area contributed by atoms with Gasteiger partial charge >= 0.3 is 0 Å². The van der Waals surface area contributed by atoms with Crippen molar-refractivity contribution in [2.75, 3.05) is 5.73 Å². The van der Waals surface area contributed by atoms with Gasteiger partial charge in [0.1, 0.15) is 17.6 Å². The highest BCUT2D eigenvalue weighted by Crippen LogP contribution is 2.35. The molecule has 7 nitrogen and oxygen atoms in total. The third-order valence-electron chi connectivity index (χ3n) is 3.93. The van der Waals surface area contributed by atoms with Gasteiger partial charge in [-0.15, -0.1) is 0 Å². The standard InChI is InChI=1S/C18H15O3PS.C3H4N4/c19-23(20,21)18-14-8-7-13-17(18)22(15-9-3-1-4-10-15)16-11-5-2-6-12-16;4-3-6-1-5-2-7-3/h1-14H,(H,19,20,21);1-2H,(H2,4,5,6,7). The van der Waals surface area contributed by atoms with Gasteiger partial charge in [-0.1, -0.05) is 78.9 Å². The molecule has 0 radical (unpaired) electrons. The van der Waals surface area contributed by atoms with Crippen LogP contribution in [0.3, 0.4) is 0 Å². The molecule has 0 bridgehead atoms. The molecule has 0 saturated heterocycles. The van der Waals surface area contributed by atoms with Crippen molar-refractivity contribution in [1.29, 1.82) is 0 Å². The van der Waals surface area contributed by atoms with E-state index in [1.807, 2.05) is 60.7 Å². The normalized spacial score (nSPS) is 10.9. The minimum Gasteiger partial charge on any atom is -0.368 e. The number of rotatable bonds is 4. The second kappa shape index (κ2) is 10.0. The average molecular weight is 438 g/mol. The Hall–Kier alpha value is -3.19. The number of hydrogen-bond donors (Lipinski definition) is 2. The molecule has 1 aromatic heterocycles. The maximum Gasteiger partial charge on any atom is 0.295 e. The van der Waals surface area contributed by atoms with E-state index in [0.717, 1.165) is 10.6 Å². The maximum atomic E-state index is 11.8. The van der Waals surface area contributed by atoms with Crippen molar-refractivity contribution in [2.24, 2.45) is 0 Å². The van der Waals surface area contributed by atoms with Crippen molar-refractivity contribution < 1.29 is 13.0 Å². The molecule has 4 aromatic rings. The van der Waals surface area contributed by atoms with E-state index in [-0.39, 0.29) is 10.8 Å². The Labute approximate surface area is 176 Å². The summed E-state index contributed by atoms with van der Waals surface area (Å²) in [5.74, 6) is 0.259. The van der Waals surface area contributed by atoms with E-state index in [9.17, 15) is 13.0 Å². The smallest absolute Gasteiger partial charge is 0.295 e. The summed E-state index contributed by atoms with van der Waals surface area (Å²) in [4.78, 5) is 10.6. The van der Waals surface area contributed by atoms with Crippen molar-refractivity contribution in [2.45, 2.75) is 4.90 Å². The van der Waals surface area contributed by atoms with Crippen LogP contribution in [0.2, 0.25) is 0 Å². The first-order valence-electron chi connectivity index (χ1n) is 8.81. The number of anilines is 1. The molecule has 0 aliphatic rings. The highest BCUT2D eigenvalue weighted by atomic mass is 32.2. The minimum atomic E-state index is -4.28. The third kappa shape index (κ3) is 5.67. The van der Waals surface area contributed by atoms with Gasteiger partial charge in [0, 0.05) is 5.30 Å². The third-order valence-corrected chi connectivity index (χ3v) is 7.49. The van der Waals surface area contributed by atoms with Gasteiger partial charge in [-0.05, 0) is 24.6 Å². The molecule has 0 atom stereocenters. The lowest BCUT2D eigenvalue weighted by Crippen LogP contribution is -2.24. The largest absolute Gasteiger partial charge is 0.368 e. The highest BCUT2D eigenvalue weighted by Gasteiger charge is 2.24. The van der Waals surface area contributed by atoms with Gasteiger partial charge in [0.15, 0.2) is 0 Å². The fourth-order valence-corrected chi connectivity index (χ4v) is 6.22. The molecule has 0 amide bonds. The quantitative estimate of drug-likeness (QED) is 0.370. The first kappa shape index (κ1) is 21.5. The number of nitrogens with zero attached hydrogens (tertiary/aromatic N) is 3.